The SMILES string of the molecule is CCCNCc1sc(C2CSCCS2)nc1CC. The Kier molecular flexibility index (Phi) is 6.35. The zero-order chi connectivity index (χ0) is 12.8. The molecule has 2 rings (SSSR count). The van der Waals surface area contributed by atoms with Gasteiger partial charge in [-0.15, -0.1) is 23.1 Å². The minimum Gasteiger partial charge on any atom is -0.312 e. The molecule has 102 valence electrons. The van der Waals surface area contributed by atoms with E-state index in [9.17, 15) is 0 Å². The van der Waals surface area contributed by atoms with Crippen molar-refractivity contribution in [3.05, 3.63) is 15.6 Å². The van der Waals surface area contributed by atoms with Crippen LogP contribution in [0.2, 0.25) is 0 Å². The lowest BCUT2D eigenvalue weighted by molar-refractivity contribution is 0.676. The van der Waals surface area contributed by atoms with Gasteiger partial charge in [0.15, 0.2) is 0 Å². The molecule has 1 aromatic rings. The molecule has 0 amide bonds. The van der Waals surface area contributed by atoms with Gasteiger partial charge in [0.2, 0.25) is 0 Å². The molecule has 2 heterocycles. The molecule has 1 saturated heterocycles. The van der Waals surface area contributed by atoms with E-state index in [4.69, 9.17) is 4.98 Å². The van der Waals surface area contributed by atoms with E-state index in [1.54, 1.807) is 0 Å². The molecule has 1 aromatic heterocycles. The molecular weight excluding hydrogens is 280 g/mol. The largest absolute Gasteiger partial charge is 0.312 e. The summed E-state index contributed by atoms with van der Waals surface area (Å²) in [7, 11) is 0. The molecule has 0 bridgehead atoms. The summed E-state index contributed by atoms with van der Waals surface area (Å²) in [4.78, 5) is 6.33. The van der Waals surface area contributed by atoms with Crippen molar-refractivity contribution in [2.24, 2.45) is 0 Å². The number of hydrogen-bond acceptors (Lipinski definition) is 5. The molecule has 18 heavy (non-hydrogen) atoms. The van der Waals surface area contributed by atoms with Gasteiger partial charge in [-0.2, -0.15) is 11.8 Å². The Labute approximate surface area is 123 Å². The van der Waals surface area contributed by atoms with Crippen LogP contribution in [-0.4, -0.2) is 28.8 Å². The van der Waals surface area contributed by atoms with Crippen LogP contribution >= 0.6 is 34.9 Å². The van der Waals surface area contributed by atoms with Gasteiger partial charge in [0.05, 0.1) is 10.9 Å². The molecule has 2 nitrogen and oxygen atoms in total. The highest BCUT2D eigenvalue weighted by atomic mass is 32.2. The summed E-state index contributed by atoms with van der Waals surface area (Å²) >= 11 is 6.09. The maximum absolute atomic E-state index is 4.88. The second kappa shape index (κ2) is 7.78. The van der Waals surface area contributed by atoms with Crippen molar-refractivity contribution in [1.82, 2.24) is 10.3 Å². The standard InChI is InChI=1S/C13H22N2S3/c1-3-5-14-8-11-10(4-2)15-13(18-11)12-9-16-6-7-17-12/h12,14H,3-9H2,1-2H3. The number of nitrogens with zero attached hydrogens (tertiary/aromatic N) is 1. The number of rotatable bonds is 6. The van der Waals surface area contributed by atoms with E-state index >= 15 is 0 Å². The molecule has 1 fully saturated rings. The van der Waals surface area contributed by atoms with Gasteiger partial charge < -0.3 is 5.32 Å². The van der Waals surface area contributed by atoms with Gasteiger partial charge in [-0.1, -0.05) is 13.8 Å². The fraction of sp³-hybridized carbons (Fsp3) is 0.769. The zero-order valence-corrected chi connectivity index (χ0v) is 13.6. The van der Waals surface area contributed by atoms with Crippen LogP contribution in [0, 0.1) is 0 Å². The third-order valence-electron chi connectivity index (χ3n) is 2.93. The van der Waals surface area contributed by atoms with E-state index in [1.807, 2.05) is 11.3 Å². The number of nitrogens with one attached hydrogen (secondary N) is 1. The number of thiazole rings is 1. The van der Waals surface area contributed by atoms with Crippen LogP contribution in [0.3, 0.4) is 0 Å². The molecule has 1 atom stereocenters. The molecule has 0 radical (unpaired) electrons. The van der Waals surface area contributed by atoms with E-state index in [0.717, 1.165) is 19.5 Å². The van der Waals surface area contributed by atoms with Crippen molar-refractivity contribution < 1.29 is 0 Å². The molecule has 1 aliphatic rings. The first-order valence-corrected chi connectivity index (χ1v) is 9.75. The third-order valence-corrected chi connectivity index (χ3v) is 7.06. The van der Waals surface area contributed by atoms with Crippen LogP contribution in [0.5, 0.6) is 0 Å². The Bertz CT molecular complexity index is 359. The minimum absolute atomic E-state index is 0.638. The quantitative estimate of drug-likeness (QED) is 0.810. The lowest BCUT2D eigenvalue weighted by Gasteiger charge is -2.18. The van der Waals surface area contributed by atoms with E-state index in [1.165, 1.54) is 39.3 Å². The fourth-order valence-corrected chi connectivity index (χ4v) is 6.07. The van der Waals surface area contributed by atoms with Gasteiger partial charge in [-0.05, 0) is 19.4 Å². The second-order valence-electron chi connectivity index (χ2n) is 4.39. The summed E-state index contributed by atoms with van der Waals surface area (Å²) in [6.45, 7) is 6.52. The van der Waals surface area contributed by atoms with E-state index in [0.29, 0.717) is 5.25 Å². The molecule has 1 N–H and O–H groups in total. The number of aryl methyl sites for hydroxylation is 1. The third kappa shape index (κ3) is 3.89. The average Bonchev–Trinajstić information content (AvgIpc) is 2.83. The van der Waals surface area contributed by atoms with Crippen LogP contribution in [0.25, 0.3) is 0 Å². The Morgan fingerprint density at radius 2 is 2.22 bits per heavy atom. The summed E-state index contributed by atoms with van der Waals surface area (Å²) < 4.78 is 0. The van der Waals surface area contributed by atoms with E-state index < -0.39 is 0 Å². The number of aromatic nitrogens is 1. The predicted octanol–water partition coefficient (Wildman–Crippen LogP) is 3.73. The fourth-order valence-electron chi connectivity index (χ4n) is 1.96. The summed E-state index contributed by atoms with van der Waals surface area (Å²) in [5.41, 5.74) is 1.31. The van der Waals surface area contributed by atoms with Crippen molar-refractivity contribution in [1.29, 1.82) is 0 Å². The van der Waals surface area contributed by atoms with Crippen LogP contribution in [0.4, 0.5) is 0 Å². The van der Waals surface area contributed by atoms with Crippen LogP contribution in [0.1, 0.15) is 41.1 Å². The van der Waals surface area contributed by atoms with Gasteiger partial charge in [0.1, 0.15) is 5.01 Å². The Morgan fingerprint density at radius 1 is 1.33 bits per heavy atom. The van der Waals surface area contributed by atoms with Crippen LogP contribution in [0.15, 0.2) is 0 Å². The maximum Gasteiger partial charge on any atom is 0.107 e. The Hall–Kier alpha value is 0.290. The van der Waals surface area contributed by atoms with Crippen molar-refractivity contribution in [3.8, 4) is 0 Å². The molecule has 0 spiro atoms. The maximum atomic E-state index is 4.88. The zero-order valence-electron chi connectivity index (χ0n) is 11.2. The van der Waals surface area contributed by atoms with Crippen molar-refractivity contribution in [2.75, 3.05) is 23.8 Å². The Morgan fingerprint density at radius 3 is 2.89 bits per heavy atom. The summed E-state index contributed by atoms with van der Waals surface area (Å²) in [6.07, 6.45) is 2.26. The highest BCUT2D eigenvalue weighted by Crippen LogP contribution is 2.39. The lowest BCUT2D eigenvalue weighted by atomic mass is 10.3. The van der Waals surface area contributed by atoms with Crippen molar-refractivity contribution in [3.63, 3.8) is 0 Å². The Balaban J connectivity index is 2.02. The highest BCUT2D eigenvalue weighted by molar-refractivity contribution is 8.06. The first-order chi connectivity index (χ1) is 8.85. The molecule has 1 unspecified atom stereocenters. The summed E-state index contributed by atoms with van der Waals surface area (Å²) in [6, 6.07) is 0. The number of thioether (sulfide) groups is 2. The van der Waals surface area contributed by atoms with Crippen molar-refractivity contribution in [2.45, 2.75) is 38.5 Å². The van der Waals surface area contributed by atoms with Crippen molar-refractivity contribution >= 4 is 34.9 Å². The molecule has 5 heteroatoms. The minimum atomic E-state index is 0.638. The molecule has 0 saturated carbocycles. The summed E-state index contributed by atoms with van der Waals surface area (Å²) in [5, 5.41) is 5.50. The van der Waals surface area contributed by atoms with Gasteiger partial charge in [0, 0.05) is 28.7 Å². The van der Waals surface area contributed by atoms with Gasteiger partial charge in [0.25, 0.3) is 0 Å². The molecule has 0 aromatic carbocycles. The number of hydrogen-bond donors (Lipinski definition) is 1. The van der Waals surface area contributed by atoms with E-state index in [-0.39, 0.29) is 0 Å². The highest BCUT2D eigenvalue weighted by Gasteiger charge is 2.21. The predicted molar refractivity (Wildman–Crippen MR) is 86.0 cm³/mol. The molecule has 1 aliphatic heterocycles. The van der Waals surface area contributed by atoms with Crippen LogP contribution < -0.4 is 5.32 Å². The molecule has 0 aliphatic carbocycles. The average molecular weight is 303 g/mol. The van der Waals surface area contributed by atoms with Gasteiger partial charge in [-0.25, -0.2) is 4.98 Å². The molecular formula is C13H22N2S3. The van der Waals surface area contributed by atoms with E-state index in [2.05, 4.69) is 42.7 Å². The van der Waals surface area contributed by atoms with Gasteiger partial charge in [-0.3, -0.25) is 0 Å². The monoisotopic (exact) mass is 302 g/mol. The lowest BCUT2D eigenvalue weighted by Crippen LogP contribution is -2.13. The van der Waals surface area contributed by atoms with Gasteiger partial charge >= 0.3 is 0 Å². The first kappa shape index (κ1) is 14.7. The normalized spacial score (nSPS) is 20.2. The first-order valence-electron chi connectivity index (χ1n) is 6.73. The smallest absolute Gasteiger partial charge is 0.107 e. The summed E-state index contributed by atoms with van der Waals surface area (Å²) in [5.74, 6) is 3.82. The van der Waals surface area contributed by atoms with Crippen LogP contribution in [-0.2, 0) is 13.0 Å². The topological polar surface area (TPSA) is 24.9 Å². The second-order valence-corrected chi connectivity index (χ2v) is 7.96.